The second-order valence-corrected chi connectivity index (χ2v) is 5.64. The van der Waals surface area contributed by atoms with Crippen LogP contribution in [0.2, 0.25) is 5.02 Å². The van der Waals surface area contributed by atoms with E-state index >= 15 is 0 Å². The van der Waals surface area contributed by atoms with Crippen LogP contribution in [0.3, 0.4) is 0 Å². The van der Waals surface area contributed by atoms with E-state index in [9.17, 15) is 0 Å². The summed E-state index contributed by atoms with van der Waals surface area (Å²) >= 11 is 9.44. The summed E-state index contributed by atoms with van der Waals surface area (Å²) in [7, 11) is 0. The van der Waals surface area contributed by atoms with E-state index in [1.54, 1.807) is 22.7 Å². The minimum absolute atomic E-state index is 0.00347. The first-order chi connectivity index (χ1) is 7.24. The topological polar surface area (TPSA) is 38.0 Å². The van der Waals surface area contributed by atoms with Crippen molar-refractivity contribution in [3.63, 3.8) is 0 Å². The second-order valence-electron chi connectivity index (χ2n) is 3.16. The van der Waals surface area contributed by atoms with Crippen LogP contribution >= 0.6 is 34.3 Å². The van der Waals surface area contributed by atoms with Crippen LogP contribution in [0.1, 0.15) is 21.4 Å². The highest BCUT2D eigenvalue weighted by Gasteiger charge is 2.19. The maximum absolute atomic E-state index is 6.10. The minimum Gasteiger partial charge on any atom is -0.271 e. The molecule has 0 aliphatic carbocycles. The molecular formula is C10H11ClN2S2. The lowest BCUT2D eigenvalue weighted by Gasteiger charge is -2.14. The minimum atomic E-state index is 0.00347. The lowest BCUT2D eigenvalue weighted by atomic mass is 10.1. The zero-order valence-electron chi connectivity index (χ0n) is 8.16. The van der Waals surface area contributed by atoms with E-state index in [0.29, 0.717) is 0 Å². The maximum atomic E-state index is 6.10. The van der Waals surface area contributed by atoms with Gasteiger partial charge in [0.1, 0.15) is 0 Å². The average Bonchev–Trinajstić information content (AvgIpc) is 2.80. The normalized spacial score (nSPS) is 13.0. The summed E-state index contributed by atoms with van der Waals surface area (Å²) in [5.41, 5.74) is 4.02. The Morgan fingerprint density at radius 3 is 2.53 bits per heavy atom. The second kappa shape index (κ2) is 4.63. The average molecular weight is 259 g/mol. The fourth-order valence-electron chi connectivity index (χ4n) is 1.51. The van der Waals surface area contributed by atoms with E-state index in [4.69, 9.17) is 17.4 Å². The molecule has 3 N–H and O–H groups in total. The van der Waals surface area contributed by atoms with Gasteiger partial charge in [-0.25, -0.2) is 5.43 Å². The van der Waals surface area contributed by atoms with E-state index in [0.717, 1.165) is 9.90 Å². The van der Waals surface area contributed by atoms with Gasteiger partial charge in [-0.2, -0.15) is 0 Å². The first-order valence-corrected chi connectivity index (χ1v) is 6.60. The van der Waals surface area contributed by atoms with E-state index in [1.807, 2.05) is 11.4 Å². The summed E-state index contributed by atoms with van der Waals surface area (Å²) in [6.45, 7) is 2.09. The fraction of sp³-hybridized carbons (Fsp3) is 0.200. The van der Waals surface area contributed by atoms with Gasteiger partial charge >= 0.3 is 0 Å². The highest BCUT2D eigenvalue weighted by molar-refractivity contribution is 7.11. The van der Waals surface area contributed by atoms with Crippen molar-refractivity contribution in [1.29, 1.82) is 0 Å². The number of hydrogen-bond acceptors (Lipinski definition) is 4. The molecule has 0 saturated heterocycles. The van der Waals surface area contributed by atoms with Gasteiger partial charge in [-0.3, -0.25) is 5.84 Å². The van der Waals surface area contributed by atoms with E-state index < -0.39 is 0 Å². The third-order valence-electron chi connectivity index (χ3n) is 2.28. The smallest absolute Gasteiger partial charge is 0.0828 e. The van der Waals surface area contributed by atoms with Crippen molar-refractivity contribution in [2.75, 3.05) is 0 Å². The van der Waals surface area contributed by atoms with Crippen molar-refractivity contribution in [3.05, 3.63) is 43.2 Å². The molecule has 0 amide bonds. The van der Waals surface area contributed by atoms with Crippen molar-refractivity contribution < 1.29 is 0 Å². The Hall–Kier alpha value is -0.390. The Kier molecular flexibility index (Phi) is 3.43. The Morgan fingerprint density at radius 2 is 2.07 bits per heavy atom. The van der Waals surface area contributed by atoms with Gasteiger partial charge in [0.05, 0.1) is 11.1 Å². The molecule has 5 heteroatoms. The Morgan fingerprint density at radius 1 is 1.33 bits per heavy atom. The van der Waals surface area contributed by atoms with Crippen LogP contribution in [0.15, 0.2) is 22.9 Å². The fourth-order valence-corrected chi connectivity index (χ4v) is 3.50. The predicted molar refractivity (Wildman–Crippen MR) is 67.6 cm³/mol. The Bertz CT molecular complexity index is 409. The van der Waals surface area contributed by atoms with E-state index in [2.05, 4.69) is 23.8 Å². The number of halogens is 1. The van der Waals surface area contributed by atoms with Gasteiger partial charge < -0.3 is 0 Å². The maximum Gasteiger partial charge on any atom is 0.0828 e. The molecule has 1 atom stereocenters. The number of hydrogen-bond donors (Lipinski definition) is 2. The zero-order valence-corrected chi connectivity index (χ0v) is 10.5. The zero-order chi connectivity index (χ0) is 10.8. The molecule has 15 heavy (non-hydrogen) atoms. The van der Waals surface area contributed by atoms with Crippen LogP contribution in [0.25, 0.3) is 0 Å². The third kappa shape index (κ3) is 2.09. The van der Waals surface area contributed by atoms with Crippen molar-refractivity contribution in [1.82, 2.24) is 5.43 Å². The van der Waals surface area contributed by atoms with Crippen molar-refractivity contribution >= 4 is 34.3 Å². The number of nitrogens with two attached hydrogens (primary N) is 1. The Labute approximate surface area is 102 Å². The quantitative estimate of drug-likeness (QED) is 0.655. The molecule has 0 fully saturated rings. The first-order valence-electron chi connectivity index (χ1n) is 4.47. The number of aryl methyl sites for hydroxylation is 1. The molecule has 0 aromatic carbocycles. The molecule has 80 valence electrons. The lowest BCUT2D eigenvalue weighted by Crippen LogP contribution is -2.28. The van der Waals surface area contributed by atoms with Gasteiger partial charge in [0.2, 0.25) is 0 Å². The molecule has 0 aliphatic heterocycles. The molecule has 2 heterocycles. The van der Waals surface area contributed by atoms with E-state index in [-0.39, 0.29) is 6.04 Å². The van der Waals surface area contributed by atoms with Crippen LogP contribution in [0, 0.1) is 6.92 Å². The van der Waals surface area contributed by atoms with Crippen LogP contribution < -0.4 is 11.3 Å². The van der Waals surface area contributed by atoms with Gasteiger partial charge in [-0.05, 0) is 35.4 Å². The summed E-state index contributed by atoms with van der Waals surface area (Å²) in [5.74, 6) is 5.60. The molecule has 0 saturated carbocycles. The number of rotatable bonds is 3. The van der Waals surface area contributed by atoms with Crippen molar-refractivity contribution in [3.8, 4) is 0 Å². The number of hydrazine groups is 1. The molecule has 1 unspecified atom stereocenters. The van der Waals surface area contributed by atoms with Gasteiger partial charge in [0.25, 0.3) is 0 Å². The van der Waals surface area contributed by atoms with Crippen molar-refractivity contribution in [2.45, 2.75) is 13.0 Å². The molecule has 2 aromatic rings. The molecule has 0 spiro atoms. The highest BCUT2D eigenvalue weighted by atomic mass is 35.5. The monoisotopic (exact) mass is 258 g/mol. The number of thiophene rings is 2. The van der Waals surface area contributed by atoms with E-state index in [1.165, 1.54) is 10.4 Å². The molecular weight excluding hydrogens is 248 g/mol. The lowest BCUT2D eigenvalue weighted by molar-refractivity contribution is 0.646. The van der Waals surface area contributed by atoms with Crippen LogP contribution in [-0.2, 0) is 0 Å². The summed E-state index contributed by atoms with van der Waals surface area (Å²) in [4.78, 5) is 2.34. The van der Waals surface area contributed by atoms with Gasteiger partial charge in [0.15, 0.2) is 0 Å². The van der Waals surface area contributed by atoms with Crippen molar-refractivity contribution in [2.24, 2.45) is 5.84 Å². The predicted octanol–water partition coefficient (Wildman–Crippen LogP) is 3.32. The van der Waals surface area contributed by atoms with Crippen LogP contribution in [0.4, 0.5) is 0 Å². The summed E-state index contributed by atoms with van der Waals surface area (Å²) in [6, 6.07) is 3.98. The summed E-state index contributed by atoms with van der Waals surface area (Å²) in [5, 5.41) is 4.81. The molecule has 0 bridgehead atoms. The first kappa shape index (κ1) is 11.1. The summed E-state index contributed by atoms with van der Waals surface area (Å²) in [6.07, 6.45) is 0. The number of nitrogens with one attached hydrogen (secondary N) is 1. The van der Waals surface area contributed by atoms with Gasteiger partial charge in [0, 0.05) is 9.75 Å². The third-order valence-corrected chi connectivity index (χ3v) is 4.57. The largest absolute Gasteiger partial charge is 0.271 e. The van der Waals surface area contributed by atoms with Crippen LogP contribution in [-0.4, -0.2) is 0 Å². The molecule has 2 nitrogen and oxygen atoms in total. The standard InChI is InChI=1S/C10H11ClN2S2/c1-6-7(2-4-14-6)9(13-12)10-8(11)3-5-15-10/h2-5,9,13H,12H2,1H3. The molecule has 2 aromatic heterocycles. The SMILES string of the molecule is Cc1sccc1C(NN)c1sccc1Cl. The molecule has 2 rings (SSSR count). The van der Waals surface area contributed by atoms with Gasteiger partial charge in [-0.15, -0.1) is 22.7 Å². The Balaban J connectivity index is 2.41. The van der Waals surface area contributed by atoms with Gasteiger partial charge in [-0.1, -0.05) is 11.6 Å². The highest BCUT2D eigenvalue weighted by Crippen LogP contribution is 2.34. The molecule has 0 radical (unpaired) electrons. The van der Waals surface area contributed by atoms with Crippen LogP contribution in [0.5, 0.6) is 0 Å². The summed E-state index contributed by atoms with van der Waals surface area (Å²) < 4.78 is 0. The molecule has 0 aliphatic rings.